The van der Waals surface area contributed by atoms with Crippen molar-refractivity contribution in [1.29, 1.82) is 0 Å². The van der Waals surface area contributed by atoms with Crippen LogP contribution >= 0.6 is 11.3 Å². The van der Waals surface area contributed by atoms with Crippen LogP contribution < -0.4 is 10.6 Å². The Kier molecular flexibility index (Phi) is 6.66. The van der Waals surface area contributed by atoms with Gasteiger partial charge in [0.05, 0.1) is 10.7 Å². The van der Waals surface area contributed by atoms with Crippen LogP contribution in [0.1, 0.15) is 30.1 Å². The van der Waals surface area contributed by atoms with Crippen LogP contribution in [0, 0.1) is 0 Å². The van der Waals surface area contributed by atoms with Gasteiger partial charge in [-0.15, -0.1) is 11.3 Å². The van der Waals surface area contributed by atoms with Crippen molar-refractivity contribution in [1.82, 2.24) is 20.6 Å². The third-order valence-corrected chi connectivity index (χ3v) is 5.29. The summed E-state index contributed by atoms with van der Waals surface area (Å²) in [5.41, 5.74) is 3.67. The molecule has 1 aromatic carbocycles. The number of aromatic amines is 1. The van der Waals surface area contributed by atoms with Gasteiger partial charge < -0.3 is 15.6 Å². The van der Waals surface area contributed by atoms with Gasteiger partial charge in [-0.25, -0.2) is 4.98 Å². The van der Waals surface area contributed by atoms with Crippen molar-refractivity contribution < 1.29 is 0 Å². The Morgan fingerprint density at radius 2 is 2.08 bits per heavy atom. The first-order valence-corrected chi connectivity index (χ1v) is 10.2. The topological polar surface area (TPSA) is 65.1 Å². The van der Waals surface area contributed by atoms with Crippen LogP contribution in [-0.2, 0) is 19.3 Å². The van der Waals surface area contributed by atoms with Crippen LogP contribution in [-0.4, -0.2) is 35.6 Å². The molecule has 0 spiro atoms. The zero-order valence-electron chi connectivity index (χ0n) is 15.5. The number of aryl methyl sites for hydroxylation is 1. The average Bonchev–Trinajstić information content (AvgIpc) is 3.29. The van der Waals surface area contributed by atoms with Gasteiger partial charge in [0, 0.05) is 48.5 Å². The molecule has 6 heteroatoms. The fourth-order valence-corrected chi connectivity index (χ4v) is 3.68. The molecule has 0 bridgehead atoms. The van der Waals surface area contributed by atoms with Crippen molar-refractivity contribution in [2.75, 3.05) is 19.6 Å². The summed E-state index contributed by atoms with van der Waals surface area (Å²) >= 11 is 1.74. The van der Waals surface area contributed by atoms with Crippen LogP contribution in [0.25, 0.3) is 10.9 Å². The number of para-hydroxylation sites is 1. The largest absolute Gasteiger partial charge is 0.361 e. The molecule has 5 nitrogen and oxygen atoms in total. The van der Waals surface area contributed by atoms with Gasteiger partial charge in [-0.05, 0) is 31.4 Å². The number of benzene rings is 1. The van der Waals surface area contributed by atoms with E-state index in [1.165, 1.54) is 21.5 Å². The second kappa shape index (κ2) is 9.38. The van der Waals surface area contributed by atoms with Crippen molar-refractivity contribution in [2.45, 2.75) is 33.1 Å². The normalized spacial score (nSPS) is 11.8. The fourth-order valence-electron chi connectivity index (χ4n) is 2.90. The molecule has 26 heavy (non-hydrogen) atoms. The van der Waals surface area contributed by atoms with Gasteiger partial charge in [-0.1, -0.05) is 25.1 Å². The van der Waals surface area contributed by atoms with Crippen LogP contribution in [0.5, 0.6) is 0 Å². The molecule has 0 unspecified atom stereocenters. The van der Waals surface area contributed by atoms with E-state index < -0.39 is 0 Å². The maximum Gasteiger partial charge on any atom is 0.191 e. The number of H-pyrrole nitrogens is 1. The molecule has 0 fully saturated rings. The smallest absolute Gasteiger partial charge is 0.191 e. The molecule has 0 aliphatic heterocycles. The Balaban J connectivity index is 1.51. The summed E-state index contributed by atoms with van der Waals surface area (Å²) in [6.07, 6.45) is 4.95. The Morgan fingerprint density at radius 1 is 1.19 bits per heavy atom. The molecule has 0 radical (unpaired) electrons. The molecule has 3 rings (SSSR count). The molecule has 0 atom stereocenters. The molecule has 0 saturated carbocycles. The summed E-state index contributed by atoms with van der Waals surface area (Å²) in [6.45, 7) is 6.68. The first kappa shape index (κ1) is 18.5. The minimum Gasteiger partial charge on any atom is -0.361 e. The van der Waals surface area contributed by atoms with Crippen molar-refractivity contribution in [3.05, 3.63) is 52.1 Å². The summed E-state index contributed by atoms with van der Waals surface area (Å²) in [6, 6.07) is 8.42. The molecule has 0 saturated heterocycles. The van der Waals surface area contributed by atoms with Gasteiger partial charge in [-0.2, -0.15) is 0 Å². The summed E-state index contributed by atoms with van der Waals surface area (Å²) in [4.78, 5) is 12.6. The minimum atomic E-state index is 0.745. The van der Waals surface area contributed by atoms with Gasteiger partial charge in [0.1, 0.15) is 0 Å². The number of guanidine groups is 1. The molecule has 0 aliphatic rings. The van der Waals surface area contributed by atoms with E-state index in [1.807, 2.05) is 0 Å². The third kappa shape index (κ3) is 4.85. The standard InChI is InChI=1S/C20H27N5S/c1-3-19-25-16(14-26-19)10-12-23-20(21-4-2)22-11-9-15-13-24-18-8-6-5-7-17(15)18/h5-8,13-14,24H,3-4,9-12H2,1-2H3,(H2,21,22,23). The van der Waals surface area contributed by atoms with Crippen LogP contribution in [0.4, 0.5) is 0 Å². The molecule has 2 aromatic heterocycles. The van der Waals surface area contributed by atoms with Crippen molar-refractivity contribution in [3.8, 4) is 0 Å². The zero-order valence-corrected chi connectivity index (χ0v) is 16.3. The number of aliphatic imine (C=N–C) groups is 1. The van der Waals surface area contributed by atoms with E-state index in [1.54, 1.807) is 11.3 Å². The average molecular weight is 370 g/mol. The highest BCUT2D eigenvalue weighted by Crippen LogP contribution is 2.17. The summed E-state index contributed by atoms with van der Waals surface area (Å²) in [7, 11) is 0. The van der Waals surface area contributed by atoms with Gasteiger partial charge in [0.25, 0.3) is 0 Å². The maximum atomic E-state index is 4.68. The van der Waals surface area contributed by atoms with E-state index in [4.69, 9.17) is 0 Å². The number of nitrogens with one attached hydrogen (secondary N) is 3. The fraction of sp³-hybridized carbons (Fsp3) is 0.400. The van der Waals surface area contributed by atoms with Crippen LogP contribution in [0.3, 0.4) is 0 Å². The Hall–Kier alpha value is -2.34. The number of rotatable bonds is 8. The van der Waals surface area contributed by atoms with Gasteiger partial charge in [0.2, 0.25) is 0 Å². The van der Waals surface area contributed by atoms with E-state index in [9.17, 15) is 0 Å². The zero-order chi connectivity index (χ0) is 18.2. The molecule has 2 heterocycles. The van der Waals surface area contributed by atoms with E-state index in [-0.39, 0.29) is 0 Å². The lowest BCUT2D eigenvalue weighted by Gasteiger charge is -2.11. The van der Waals surface area contributed by atoms with E-state index in [0.29, 0.717) is 0 Å². The van der Waals surface area contributed by atoms with Crippen molar-refractivity contribution >= 4 is 28.2 Å². The lowest BCUT2D eigenvalue weighted by atomic mass is 10.1. The number of hydrogen-bond acceptors (Lipinski definition) is 3. The monoisotopic (exact) mass is 369 g/mol. The number of thiazole rings is 1. The second-order valence-corrected chi connectivity index (χ2v) is 7.08. The van der Waals surface area contributed by atoms with Gasteiger partial charge in [0.15, 0.2) is 5.96 Å². The summed E-state index contributed by atoms with van der Waals surface area (Å²) < 4.78 is 0. The van der Waals surface area contributed by atoms with Gasteiger partial charge >= 0.3 is 0 Å². The Morgan fingerprint density at radius 3 is 2.88 bits per heavy atom. The molecule has 0 aliphatic carbocycles. The minimum absolute atomic E-state index is 0.745. The number of hydrogen-bond donors (Lipinski definition) is 3. The predicted molar refractivity (Wildman–Crippen MR) is 111 cm³/mol. The van der Waals surface area contributed by atoms with Crippen molar-refractivity contribution in [2.24, 2.45) is 4.99 Å². The number of nitrogens with zero attached hydrogens (tertiary/aromatic N) is 2. The SMILES string of the molecule is CCNC(=NCCc1csc(CC)n1)NCCc1c[nH]c2ccccc12. The van der Waals surface area contributed by atoms with Crippen molar-refractivity contribution in [3.63, 3.8) is 0 Å². The Labute approximate surface area is 159 Å². The molecular weight excluding hydrogens is 342 g/mol. The number of fused-ring (bicyclic) bond motifs is 1. The molecule has 0 amide bonds. The molecule has 138 valence electrons. The van der Waals surface area contributed by atoms with Crippen LogP contribution in [0.15, 0.2) is 40.8 Å². The predicted octanol–water partition coefficient (Wildman–Crippen LogP) is 3.53. The molecule has 3 aromatic rings. The summed E-state index contributed by atoms with van der Waals surface area (Å²) in [5.74, 6) is 0.873. The van der Waals surface area contributed by atoms with E-state index in [0.717, 1.165) is 50.6 Å². The Bertz CT molecular complexity index is 849. The first-order valence-electron chi connectivity index (χ1n) is 9.30. The maximum absolute atomic E-state index is 4.68. The van der Waals surface area contributed by atoms with E-state index in [2.05, 4.69) is 75.3 Å². The highest BCUT2D eigenvalue weighted by atomic mass is 32.1. The first-order chi connectivity index (χ1) is 12.8. The molecular formula is C20H27N5S. The lowest BCUT2D eigenvalue weighted by Crippen LogP contribution is -2.38. The molecule has 3 N–H and O–H groups in total. The van der Waals surface area contributed by atoms with Crippen LogP contribution in [0.2, 0.25) is 0 Å². The number of aromatic nitrogens is 2. The lowest BCUT2D eigenvalue weighted by molar-refractivity contribution is 0.796. The highest BCUT2D eigenvalue weighted by molar-refractivity contribution is 7.09. The third-order valence-electron chi connectivity index (χ3n) is 4.25. The highest BCUT2D eigenvalue weighted by Gasteiger charge is 2.04. The summed E-state index contributed by atoms with van der Waals surface area (Å²) in [5, 5.41) is 11.4. The van der Waals surface area contributed by atoms with E-state index >= 15 is 0 Å². The second-order valence-electron chi connectivity index (χ2n) is 6.13. The van der Waals surface area contributed by atoms with Gasteiger partial charge in [-0.3, -0.25) is 4.99 Å². The quantitative estimate of drug-likeness (QED) is 0.420.